The first-order valence-corrected chi connectivity index (χ1v) is 9.27. The molecule has 5 nitrogen and oxygen atoms in total. The highest BCUT2D eigenvalue weighted by molar-refractivity contribution is 5.76. The highest BCUT2D eigenvalue weighted by Crippen LogP contribution is 2.39. The van der Waals surface area contributed by atoms with Crippen LogP contribution in [0.4, 0.5) is 4.39 Å². The van der Waals surface area contributed by atoms with Crippen LogP contribution in [0.25, 0.3) is 11.1 Å². The molecule has 0 bridgehead atoms. The molecule has 4 rings (SSSR count). The van der Waals surface area contributed by atoms with Gasteiger partial charge < -0.3 is 20.3 Å². The molecule has 0 amide bonds. The number of methoxy groups -OCH3 is 1. The lowest BCUT2D eigenvalue weighted by Crippen LogP contribution is -2.27. The van der Waals surface area contributed by atoms with Gasteiger partial charge in [0, 0.05) is 5.56 Å². The summed E-state index contributed by atoms with van der Waals surface area (Å²) in [5.41, 5.74) is 8.15. The normalized spacial score (nSPS) is 17.2. The molecule has 0 saturated carbocycles. The monoisotopic (exact) mass is 406 g/mol. The van der Waals surface area contributed by atoms with Crippen molar-refractivity contribution in [1.29, 1.82) is 0 Å². The summed E-state index contributed by atoms with van der Waals surface area (Å²) < 4.78 is 25.2. The number of hydrogen-bond acceptors (Lipinski definition) is 5. The van der Waals surface area contributed by atoms with Crippen LogP contribution in [0.3, 0.4) is 0 Å². The average Bonchev–Trinajstić information content (AvgIpc) is 3.18. The van der Waals surface area contributed by atoms with Crippen molar-refractivity contribution >= 4 is 6.02 Å². The smallest absolute Gasteiger partial charge is 0.283 e. The second-order valence-electron chi connectivity index (χ2n) is 6.57. The number of hydrogen-bond donors (Lipinski definition) is 2. The number of halogens is 1. The van der Waals surface area contributed by atoms with Gasteiger partial charge in [-0.2, -0.15) is 0 Å². The number of aliphatic hydroxyl groups excluding tert-OH is 1. The Hall–Kier alpha value is -3.80. The van der Waals surface area contributed by atoms with E-state index in [0.717, 1.165) is 23.0 Å². The van der Waals surface area contributed by atoms with Crippen LogP contribution in [0.1, 0.15) is 11.1 Å². The molecule has 0 aromatic heterocycles. The Labute approximate surface area is 174 Å². The highest BCUT2D eigenvalue weighted by atomic mass is 19.1. The predicted octanol–water partition coefficient (Wildman–Crippen LogP) is 4.78. The standard InChI is InChI=1S/C22H19FN2O2.C2H4O/c1-26-18-10-11-20(23)19(13-18)15-6-5-9-17(12-15)22(14-27-21(24)25-22)16-7-3-2-4-8-16;1-2-3/h2-13H,14H2,1H3,(H2,24,25);2-3H,1H2. The van der Waals surface area contributed by atoms with E-state index in [1.54, 1.807) is 19.2 Å². The Bertz CT molecular complexity index is 1050. The number of ether oxygens (including phenoxy) is 2. The molecule has 3 N–H and O–H groups in total. The van der Waals surface area contributed by atoms with E-state index >= 15 is 0 Å². The van der Waals surface area contributed by atoms with Gasteiger partial charge in [0.05, 0.1) is 13.4 Å². The van der Waals surface area contributed by atoms with Crippen molar-refractivity contribution in [2.75, 3.05) is 13.7 Å². The van der Waals surface area contributed by atoms with Gasteiger partial charge in [0.25, 0.3) is 6.02 Å². The van der Waals surface area contributed by atoms with E-state index in [0.29, 0.717) is 17.9 Å². The maximum Gasteiger partial charge on any atom is 0.283 e. The second kappa shape index (κ2) is 9.13. The maximum absolute atomic E-state index is 14.5. The Balaban J connectivity index is 0.000000806. The first-order valence-electron chi connectivity index (χ1n) is 9.27. The number of nitrogens with zero attached hydrogens (tertiary/aromatic N) is 1. The molecular weight excluding hydrogens is 383 g/mol. The molecule has 1 atom stereocenters. The summed E-state index contributed by atoms with van der Waals surface area (Å²) >= 11 is 0. The van der Waals surface area contributed by atoms with Gasteiger partial charge in [-0.05, 0) is 41.0 Å². The molecule has 6 heteroatoms. The highest BCUT2D eigenvalue weighted by Gasteiger charge is 2.40. The van der Waals surface area contributed by atoms with E-state index in [-0.39, 0.29) is 11.8 Å². The molecule has 1 aliphatic rings. The van der Waals surface area contributed by atoms with Crippen LogP contribution in [0.2, 0.25) is 0 Å². The van der Waals surface area contributed by atoms with Crippen molar-refractivity contribution < 1.29 is 19.0 Å². The summed E-state index contributed by atoms with van der Waals surface area (Å²) in [6.45, 7) is 3.22. The van der Waals surface area contributed by atoms with E-state index in [2.05, 4.69) is 11.6 Å². The van der Waals surface area contributed by atoms with Crippen molar-refractivity contribution in [3.05, 3.63) is 103 Å². The van der Waals surface area contributed by atoms with Crippen molar-refractivity contribution in [2.45, 2.75) is 5.54 Å². The summed E-state index contributed by atoms with van der Waals surface area (Å²) in [7, 11) is 1.56. The molecule has 0 aliphatic carbocycles. The molecule has 154 valence electrons. The van der Waals surface area contributed by atoms with Crippen LogP contribution in [0, 0.1) is 5.82 Å². The van der Waals surface area contributed by atoms with Crippen LogP contribution in [0.15, 0.2) is 90.6 Å². The average molecular weight is 406 g/mol. The molecule has 3 aromatic carbocycles. The Kier molecular flexibility index (Phi) is 6.37. The van der Waals surface area contributed by atoms with Gasteiger partial charge >= 0.3 is 0 Å². The third-order valence-electron chi connectivity index (χ3n) is 4.81. The zero-order chi connectivity index (χ0) is 21.6. The number of nitrogens with two attached hydrogens (primary N) is 1. The second-order valence-corrected chi connectivity index (χ2v) is 6.57. The molecule has 0 saturated heterocycles. The lowest BCUT2D eigenvalue weighted by atomic mass is 9.83. The third kappa shape index (κ3) is 4.12. The minimum atomic E-state index is -0.753. The fourth-order valence-corrected chi connectivity index (χ4v) is 3.40. The Morgan fingerprint density at radius 2 is 1.80 bits per heavy atom. The molecule has 0 fully saturated rings. The van der Waals surface area contributed by atoms with Crippen LogP contribution < -0.4 is 10.5 Å². The zero-order valence-electron chi connectivity index (χ0n) is 16.6. The fraction of sp³-hybridized carbons (Fsp3) is 0.125. The molecule has 1 aliphatic heterocycles. The summed E-state index contributed by atoms with van der Waals surface area (Å²) in [6.07, 6.45) is 0.750. The lowest BCUT2D eigenvalue weighted by molar-refractivity contribution is 0.278. The SMILES string of the molecule is C=CO.COc1ccc(F)c(-c2cccc(C3(c4ccccc4)COC(N)=N3)c2)c1. The Morgan fingerprint density at radius 3 is 2.43 bits per heavy atom. The van der Waals surface area contributed by atoms with E-state index in [9.17, 15) is 4.39 Å². The van der Waals surface area contributed by atoms with Crippen LogP contribution in [-0.4, -0.2) is 24.8 Å². The van der Waals surface area contributed by atoms with Gasteiger partial charge in [-0.3, -0.25) is 0 Å². The molecule has 3 aromatic rings. The van der Waals surface area contributed by atoms with E-state index in [1.165, 1.54) is 6.07 Å². The zero-order valence-corrected chi connectivity index (χ0v) is 16.6. The maximum atomic E-state index is 14.5. The summed E-state index contributed by atoms with van der Waals surface area (Å²) in [4.78, 5) is 4.61. The number of amidine groups is 1. The number of rotatable bonds is 4. The van der Waals surface area contributed by atoms with Crippen molar-refractivity contribution in [1.82, 2.24) is 0 Å². The minimum absolute atomic E-state index is 0.150. The first kappa shape index (κ1) is 20.9. The molecule has 0 spiro atoms. The number of aliphatic hydroxyl groups is 1. The van der Waals surface area contributed by atoms with E-state index in [4.69, 9.17) is 20.3 Å². The molecule has 1 unspecified atom stereocenters. The largest absolute Gasteiger partial charge is 0.516 e. The number of aliphatic imine (C=N–C) groups is 1. The van der Waals surface area contributed by atoms with Crippen molar-refractivity contribution in [3.63, 3.8) is 0 Å². The van der Waals surface area contributed by atoms with Gasteiger partial charge in [-0.1, -0.05) is 55.1 Å². The lowest BCUT2D eigenvalue weighted by Gasteiger charge is -2.25. The minimum Gasteiger partial charge on any atom is -0.516 e. The molecule has 0 radical (unpaired) electrons. The fourth-order valence-electron chi connectivity index (χ4n) is 3.40. The summed E-state index contributed by atoms with van der Waals surface area (Å²) in [5.74, 6) is 0.286. The first-order chi connectivity index (χ1) is 14.5. The van der Waals surface area contributed by atoms with Crippen molar-refractivity contribution in [2.24, 2.45) is 10.7 Å². The van der Waals surface area contributed by atoms with Gasteiger partial charge in [-0.15, -0.1) is 0 Å². The molecule has 1 heterocycles. The Morgan fingerprint density at radius 1 is 1.10 bits per heavy atom. The third-order valence-corrected chi connectivity index (χ3v) is 4.81. The van der Waals surface area contributed by atoms with Gasteiger partial charge in [-0.25, -0.2) is 9.38 Å². The molecule has 30 heavy (non-hydrogen) atoms. The summed E-state index contributed by atoms with van der Waals surface area (Å²) in [6, 6.07) is 22.3. The van der Waals surface area contributed by atoms with Gasteiger partial charge in [0.15, 0.2) is 5.54 Å². The quantitative estimate of drug-likeness (QED) is 0.612. The topological polar surface area (TPSA) is 77.1 Å². The molecular formula is C24H23FN2O3. The van der Waals surface area contributed by atoms with Crippen molar-refractivity contribution in [3.8, 4) is 16.9 Å². The van der Waals surface area contributed by atoms with E-state index in [1.807, 2.05) is 54.6 Å². The van der Waals surface area contributed by atoms with Crippen LogP contribution >= 0.6 is 0 Å². The predicted molar refractivity (Wildman–Crippen MR) is 116 cm³/mol. The van der Waals surface area contributed by atoms with Crippen LogP contribution in [-0.2, 0) is 10.3 Å². The van der Waals surface area contributed by atoms with Gasteiger partial charge in [0.2, 0.25) is 0 Å². The van der Waals surface area contributed by atoms with Gasteiger partial charge in [0.1, 0.15) is 18.2 Å². The summed E-state index contributed by atoms with van der Waals surface area (Å²) in [5, 5.41) is 7.33. The number of benzene rings is 3. The van der Waals surface area contributed by atoms with Crippen LogP contribution in [0.5, 0.6) is 5.75 Å². The van der Waals surface area contributed by atoms with E-state index < -0.39 is 5.54 Å².